The van der Waals surface area contributed by atoms with Crippen molar-refractivity contribution in [1.29, 1.82) is 0 Å². The van der Waals surface area contributed by atoms with E-state index in [-0.39, 0.29) is 12.4 Å². The first-order chi connectivity index (χ1) is 9.10. The molecule has 6 heteroatoms. The van der Waals surface area contributed by atoms with Crippen molar-refractivity contribution >= 4 is 5.82 Å². The molecule has 1 heterocycles. The SMILES string of the molecule is CNc1cc(C)nc(COc2cccc(F)c2F)n1. The monoisotopic (exact) mass is 265 g/mol. The maximum absolute atomic E-state index is 13.4. The molecule has 0 saturated carbocycles. The predicted octanol–water partition coefficient (Wildman–Crippen LogP) is 2.68. The van der Waals surface area contributed by atoms with Crippen LogP contribution in [0, 0.1) is 18.6 Å². The Morgan fingerprint density at radius 2 is 2.05 bits per heavy atom. The minimum atomic E-state index is -1.01. The minimum Gasteiger partial charge on any atom is -0.482 e. The van der Waals surface area contributed by atoms with Gasteiger partial charge in [-0.2, -0.15) is 4.39 Å². The van der Waals surface area contributed by atoms with Crippen molar-refractivity contribution in [3.8, 4) is 5.75 Å². The minimum absolute atomic E-state index is 0.0310. The van der Waals surface area contributed by atoms with E-state index in [1.165, 1.54) is 12.1 Å². The molecule has 2 aromatic rings. The number of hydrogen-bond donors (Lipinski definition) is 1. The second kappa shape index (κ2) is 5.60. The summed E-state index contributed by atoms with van der Waals surface area (Å²) in [5.74, 6) is -1.07. The Bertz CT molecular complexity index is 590. The average molecular weight is 265 g/mol. The van der Waals surface area contributed by atoms with Crippen molar-refractivity contribution in [2.45, 2.75) is 13.5 Å². The number of aryl methyl sites for hydroxylation is 1. The second-order valence-electron chi connectivity index (χ2n) is 3.90. The van der Waals surface area contributed by atoms with Crippen LogP contribution in [0.3, 0.4) is 0 Å². The van der Waals surface area contributed by atoms with Gasteiger partial charge in [-0.15, -0.1) is 0 Å². The number of benzene rings is 1. The van der Waals surface area contributed by atoms with E-state index in [2.05, 4.69) is 15.3 Å². The predicted molar refractivity (Wildman–Crippen MR) is 67.0 cm³/mol. The van der Waals surface area contributed by atoms with Gasteiger partial charge in [0, 0.05) is 18.8 Å². The molecule has 0 aliphatic carbocycles. The molecule has 0 spiro atoms. The number of nitrogens with one attached hydrogen (secondary N) is 1. The third kappa shape index (κ3) is 3.15. The number of nitrogens with zero attached hydrogens (tertiary/aromatic N) is 2. The van der Waals surface area contributed by atoms with E-state index in [0.717, 1.165) is 11.8 Å². The van der Waals surface area contributed by atoms with Gasteiger partial charge in [-0.05, 0) is 19.1 Å². The van der Waals surface area contributed by atoms with Crippen molar-refractivity contribution in [1.82, 2.24) is 9.97 Å². The first kappa shape index (κ1) is 13.2. The first-order valence-corrected chi connectivity index (χ1v) is 5.69. The maximum Gasteiger partial charge on any atom is 0.200 e. The van der Waals surface area contributed by atoms with Gasteiger partial charge >= 0.3 is 0 Å². The van der Waals surface area contributed by atoms with Gasteiger partial charge < -0.3 is 10.1 Å². The highest BCUT2D eigenvalue weighted by atomic mass is 19.2. The van der Waals surface area contributed by atoms with Gasteiger partial charge in [0.1, 0.15) is 12.4 Å². The average Bonchev–Trinajstić information content (AvgIpc) is 2.40. The van der Waals surface area contributed by atoms with Crippen LogP contribution in [0.25, 0.3) is 0 Å². The highest BCUT2D eigenvalue weighted by molar-refractivity contribution is 5.34. The summed E-state index contributed by atoms with van der Waals surface area (Å²) in [4.78, 5) is 8.31. The first-order valence-electron chi connectivity index (χ1n) is 5.69. The fraction of sp³-hybridized carbons (Fsp3) is 0.231. The molecule has 1 N–H and O–H groups in total. The van der Waals surface area contributed by atoms with Crippen LogP contribution in [-0.2, 0) is 6.61 Å². The zero-order valence-corrected chi connectivity index (χ0v) is 10.6. The van der Waals surface area contributed by atoms with E-state index >= 15 is 0 Å². The topological polar surface area (TPSA) is 47.0 Å². The number of anilines is 1. The summed E-state index contributed by atoms with van der Waals surface area (Å²) in [6.07, 6.45) is 0. The smallest absolute Gasteiger partial charge is 0.200 e. The molecule has 1 aromatic carbocycles. The lowest BCUT2D eigenvalue weighted by Gasteiger charge is -2.08. The molecule has 0 bridgehead atoms. The van der Waals surface area contributed by atoms with Crippen molar-refractivity contribution in [2.75, 3.05) is 12.4 Å². The van der Waals surface area contributed by atoms with Crippen LogP contribution in [0.4, 0.5) is 14.6 Å². The van der Waals surface area contributed by atoms with E-state index in [4.69, 9.17) is 4.74 Å². The van der Waals surface area contributed by atoms with E-state index in [1.807, 2.05) is 6.92 Å². The standard InChI is InChI=1S/C13H13F2N3O/c1-8-6-11(16-2)18-12(17-8)7-19-10-5-3-4-9(14)13(10)15/h3-6H,7H2,1-2H3,(H,16,17,18). The fourth-order valence-electron chi connectivity index (χ4n) is 1.56. The van der Waals surface area contributed by atoms with Crippen LogP contribution in [0.15, 0.2) is 24.3 Å². The maximum atomic E-state index is 13.4. The highest BCUT2D eigenvalue weighted by Gasteiger charge is 2.10. The number of rotatable bonds is 4. The molecule has 1 aromatic heterocycles. The zero-order chi connectivity index (χ0) is 13.8. The van der Waals surface area contributed by atoms with Gasteiger partial charge in [-0.1, -0.05) is 6.07 Å². The number of hydrogen-bond acceptors (Lipinski definition) is 4. The molecular formula is C13H13F2N3O. The van der Waals surface area contributed by atoms with Crippen molar-refractivity contribution in [3.63, 3.8) is 0 Å². The molecule has 0 saturated heterocycles. The molecule has 2 rings (SSSR count). The lowest BCUT2D eigenvalue weighted by atomic mass is 10.3. The Kier molecular flexibility index (Phi) is 3.89. The lowest BCUT2D eigenvalue weighted by Crippen LogP contribution is -2.06. The van der Waals surface area contributed by atoms with Crippen LogP contribution >= 0.6 is 0 Å². The zero-order valence-electron chi connectivity index (χ0n) is 10.6. The molecule has 0 radical (unpaired) electrons. The Morgan fingerprint density at radius 3 is 2.79 bits per heavy atom. The summed E-state index contributed by atoms with van der Waals surface area (Å²) in [6.45, 7) is 1.78. The lowest BCUT2D eigenvalue weighted by molar-refractivity contribution is 0.276. The Labute approximate surface area is 109 Å². The normalized spacial score (nSPS) is 10.3. The van der Waals surface area contributed by atoms with Crippen LogP contribution < -0.4 is 10.1 Å². The molecular weight excluding hydrogens is 252 g/mol. The number of halogens is 2. The molecule has 100 valence electrons. The van der Waals surface area contributed by atoms with Crippen molar-refractivity contribution < 1.29 is 13.5 Å². The van der Waals surface area contributed by atoms with E-state index in [1.54, 1.807) is 13.1 Å². The third-order valence-corrected chi connectivity index (χ3v) is 2.43. The van der Waals surface area contributed by atoms with Crippen molar-refractivity contribution in [2.24, 2.45) is 0 Å². The Hall–Kier alpha value is -2.24. The number of ether oxygens (including phenoxy) is 1. The van der Waals surface area contributed by atoms with Crippen LogP contribution in [0.1, 0.15) is 11.5 Å². The van der Waals surface area contributed by atoms with E-state index < -0.39 is 11.6 Å². The van der Waals surface area contributed by atoms with Gasteiger partial charge in [0.2, 0.25) is 5.82 Å². The summed E-state index contributed by atoms with van der Waals surface area (Å²) >= 11 is 0. The third-order valence-electron chi connectivity index (χ3n) is 2.43. The van der Waals surface area contributed by atoms with Gasteiger partial charge in [0.05, 0.1) is 0 Å². The molecule has 4 nitrogen and oxygen atoms in total. The fourth-order valence-corrected chi connectivity index (χ4v) is 1.56. The molecule has 19 heavy (non-hydrogen) atoms. The van der Waals surface area contributed by atoms with Crippen LogP contribution in [0.2, 0.25) is 0 Å². The van der Waals surface area contributed by atoms with Crippen LogP contribution in [-0.4, -0.2) is 17.0 Å². The molecule has 0 atom stereocenters. The summed E-state index contributed by atoms with van der Waals surface area (Å²) in [5, 5.41) is 2.89. The summed E-state index contributed by atoms with van der Waals surface area (Å²) < 4.78 is 31.6. The highest BCUT2D eigenvalue weighted by Crippen LogP contribution is 2.20. The van der Waals surface area contributed by atoms with E-state index in [0.29, 0.717) is 11.6 Å². The summed E-state index contributed by atoms with van der Waals surface area (Å²) in [7, 11) is 1.73. The van der Waals surface area contributed by atoms with Gasteiger partial charge in [0.15, 0.2) is 17.4 Å². The molecule has 0 unspecified atom stereocenters. The van der Waals surface area contributed by atoms with E-state index in [9.17, 15) is 8.78 Å². The van der Waals surface area contributed by atoms with Crippen molar-refractivity contribution in [3.05, 3.63) is 47.4 Å². The van der Waals surface area contributed by atoms with Gasteiger partial charge in [-0.25, -0.2) is 14.4 Å². The second-order valence-corrected chi connectivity index (χ2v) is 3.90. The molecule has 0 aliphatic rings. The quantitative estimate of drug-likeness (QED) is 0.923. The number of aromatic nitrogens is 2. The van der Waals surface area contributed by atoms with Gasteiger partial charge in [0.25, 0.3) is 0 Å². The largest absolute Gasteiger partial charge is 0.482 e. The molecule has 0 fully saturated rings. The molecule has 0 aliphatic heterocycles. The summed E-state index contributed by atoms with van der Waals surface area (Å²) in [6, 6.07) is 5.54. The Morgan fingerprint density at radius 1 is 1.26 bits per heavy atom. The van der Waals surface area contributed by atoms with Gasteiger partial charge in [-0.3, -0.25) is 0 Å². The molecule has 0 amide bonds. The Balaban J connectivity index is 2.14. The van der Waals surface area contributed by atoms with Crippen LogP contribution in [0.5, 0.6) is 5.75 Å². The summed E-state index contributed by atoms with van der Waals surface area (Å²) in [5.41, 5.74) is 0.762.